The van der Waals surface area contributed by atoms with E-state index in [1.807, 2.05) is 24.3 Å². The van der Waals surface area contributed by atoms with E-state index in [1.165, 1.54) is 11.1 Å². The SMILES string of the molecule is Cc1cc(C)c(-c2c3nc(c(-c4cccc5cccc(CO)c45)c4ccc([nH]4)c(-c4c(C)cc(C)cc4C)c4nc(c(-c5cccc6cccc(CO)c56)c5ccc2[nH]5)C=C4)C=C3)c(C)c1. The van der Waals surface area contributed by atoms with Gasteiger partial charge in [0, 0.05) is 44.3 Å². The zero-order chi connectivity index (χ0) is 45.4. The minimum absolute atomic E-state index is 0.0929. The normalized spacial score (nSPS) is 12.2. The number of nitrogens with one attached hydrogen (secondary N) is 2. The van der Waals surface area contributed by atoms with Crippen molar-refractivity contribution in [3.05, 3.63) is 189 Å². The Balaban J connectivity index is 1.38. The van der Waals surface area contributed by atoms with Gasteiger partial charge in [-0.25, -0.2) is 9.97 Å². The van der Waals surface area contributed by atoms with E-state index in [0.717, 1.165) is 144 Å². The number of aliphatic hydroxyl groups is 2. The number of benzene rings is 6. The van der Waals surface area contributed by atoms with Crippen molar-refractivity contribution in [3.8, 4) is 44.5 Å². The Hall–Kier alpha value is -7.64. The lowest BCUT2D eigenvalue weighted by molar-refractivity contribution is 0.283. The van der Waals surface area contributed by atoms with Crippen LogP contribution in [0.25, 0.3) is 112 Å². The molecule has 6 nitrogen and oxygen atoms in total. The molecule has 0 saturated heterocycles. The van der Waals surface area contributed by atoms with Gasteiger partial charge in [-0.1, -0.05) is 108 Å². The smallest absolute Gasteiger partial charge is 0.0737 e. The second-order valence-corrected chi connectivity index (χ2v) is 18.0. The Kier molecular flexibility index (Phi) is 10.0. The number of rotatable bonds is 6. The fraction of sp³-hybridized carbons (Fsp3) is 0.133. The van der Waals surface area contributed by atoms with E-state index in [-0.39, 0.29) is 13.2 Å². The maximum atomic E-state index is 10.8. The van der Waals surface area contributed by atoms with Crippen LogP contribution in [0.15, 0.2) is 121 Å². The number of hydrogen-bond donors (Lipinski definition) is 4. The van der Waals surface area contributed by atoms with Crippen molar-refractivity contribution in [2.24, 2.45) is 0 Å². The molecule has 0 amide bonds. The second kappa shape index (κ2) is 16.1. The van der Waals surface area contributed by atoms with Gasteiger partial charge in [0.05, 0.1) is 36.0 Å². The number of nitrogens with zero attached hydrogens (tertiary/aromatic N) is 2. The molecule has 5 heterocycles. The Bertz CT molecular complexity index is 3450. The molecular formula is C60H50N4O2. The highest BCUT2D eigenvalue weighted by Gasteiger charge is 2.23. The Morgan fingerprint density at radius 1 is 0.379 bits per heavy atom. The molecule has 0 unspecified atom stereocenters. The monoisotopic (exact) mass is 858 g/mol. The summed E-state index contributed by atoms with van der Waals surface area (Å²) in [5.41, 5.74) is 23.8. The van der Waals surface area contributed by atoms with Crippen molar-refractivity contribution in [2.45, 2.75) is 54.8 Å². The molecule has 4 N–H and O–H groups in total. The fourth-order valence-electron chi connectivity index (χ4n) is 11.0. The Labute approximate surface area is 384 Å². The van der Waals surface area contributed by atoms with Gasteiger partial charge in [0.15, 0.2) is 0 Å². The molecule has 0 atom stereocenters. The Morgan fingerprint density at radius 3 is 1.05 bits per heavy atom. The van der Waals surface area contributed by atoms with E-state index in [4.69, 9.17) is 9.97 Å². The molecule has 2 aliphatic heterocycles. The van der Waals surface area contributed by atoms with E-state index in [9.17, 15) is 10.2 Å². The number of aliphatic hydroxyl groups excluding tert-OH is 2. The van der Waals surface area contributed by atoms with Gasteiger partial charge in [-0.2, -0.15) is 0 Å². The lowest BCUT2D eigenvalue weighted by atomic mass is 9.92. The summed E-state index contributed by atoms with van der Waals surface area (Å²) in [5, 5.41) is 25.6. The van der Waals surface area contributed by atoms with Gasteiger partial charge in [-0.15, -0.1) is 0 Å². The van der Waals surface area contributed by atoms with Crippen molar-refractivity contribution in [2.75, 3.05) is 0 Å². The van der Waals surface area contributed by atoms with Gasteiger partial charge in [0.1, 0.15) is 0 Å². The van der Waals surface area contributed by atoms with Crippen molar-refractivity contribution >= 4 is 67.9 Å². The molecule has 2 aliphatic rings. The summed E-state index contributed by atoms with van der Waals surface area (Å²) in [6, 6.07) is 42.6. The predicted molar refractivity (Wildman–Crippen MR) is 276 cm³/mol. The highest BCUT2D eigenvalue weighted by molar-refractivity contribution is 6.08. The summed E-state index contributed by atoms with van der Waals surface area (Å²) in [4.78, 5) is 19.1. The first-order chi connectivity index (χ1) is 32.1. The first-order valence-electron chi connectivity index (χ1n) is 22.7. The van der Waals surface area contributed by atoms with E-state index in [0.29, 0.717) is 0 Å². The van der Waals surface area contributed by atoms with E-state index >= 15 is 0 Å². The molecule has 11 rings (SSSR count). The minimum atomic E-state index is -0.0929. The van der Waals surface area contributed by atoms with Crippen LogP contribution < -0.4 is 0 Å². The predicted octanol–water partition coefficient (Wildman–Crippen LogP) is 14.5. The molecule has 0 spiro atoms. The van der Waals surface area contributed by atoms with Crippen molar-refractivity contribution in [1.29, 1.82) is 0 Å². The van der Waals surface area contributed by atoms with Gasteiger partial charge >= 0.3 is 0 Å². The molecule has 0 radical (unpaired) electrons. The maximum absolute atomic E-state index is 10.8. The van der Waals surface area contributed by atoms with Crippen molar-refractivity contribution < 1.29 is 10.2 Å². The first-order valence-corrected chi connectivity index (χ1v) is 22.7. The van der Waals surface area contributed by atoms with Crippen LogP contribution in [0.5, 0.6) is 0 Å². The van der Waals surface area contributed by atoms with Crippen LogP contribution >= 0.6 is 0 Å². The molecule has 66 heavy (non-hydrogen) atoms. The molecule has 6 heteroatoms. The average molecular weight is 859 g/mol. The number of fused-ring (bicyclic) bond motifs is 10. The highest BCUT2D eigenvalue weighted by Crippen LogP contribution is 2.44. The van der Waals surface area contributed by atoms with Gasteiger partial charge < -0.3 is 20.2 Å². The summed E-state index contributed by atoms with van der Waals surface area (Å²) in [7, 11) is 0. The third kappa shape index (κ3) is 6.72. The summed E-state index contributed by atoms with van der Waals surface area (Å²) in [6.45, 7) is 12.8. The number of aromatic amines is 2. The molecule has 0 fully saturated rings. The van der Waals surface area contributed by atoms with Crippen LogP contribution in [-0.4, -0.2) is 30.1 Å². The second-order valence-electron chi connectivity index (χ2n) is 18.0. The van der Waals surface area contributed by atoms with Gasteiger partial charge in [-0.05, 0) is 167 Å². The molecule has 3 aromatic heterocycles. The molecule has 9 aromatic rings. The number of hydrogen-bond acceptors (Lipinski definition) is 4. The van der Waals surface area contributed by atoms with E-state index in [1.54, 1.807) is 0 Å². The Morgan fingerprint density at radius 2 is 0.697 bits per heavy atom. The largest absolute Gasteiger partial charge is 0.392 e. The maximum Gasteiger partial charge on any atom is 0.0737 e. The molecule has 0 saturated carbocycles. The zero-order valence-electron chi connectivity index (χ0n) is 38.1. The summed E-state index contributed by atoms with van der Waals surface area (Å²) in [5.74, 6) is 0. The molecular weight excluding hydrogens is 809 g/mol. The number of aromatic nitrogens is 4. The van der Waals surface area contributed by atoms with Gasteiger partial charge in [0.25, 0.3) is 0 Å². The molecule has 322 valence electrons. The quantitative estimate of drug-likeness (QED) is 0.134. The van der Waals surface area contributed by atoms with E-state index in [2.05, 4.69) is 173 Å². The summed E-state index contributed by atoms with van der Waals surface area (Å²) in [6.07, 6.45) is 8.57. The summed E-state index contributed by atoms with van der Waals surface area (Å²) >= 11 is 0. The molecule has 6 aromatic carbocycles. The summed E-state index contributed by atoms with van der Waals surface area (Å²) < 4.78 is 0. The number of aryl methyl sites for hydroxylation is 6. The van der Waals surface area contributed by atoms with Gasteiger partial charge in [0.2, 0.25) is 0 Å². The fourth-order valence-corrected chi connectivity index (χ4v) is 11.0. The topological polar surface area (TPSA) is 97.8 Å². The van der Waals surface area contributed by atoms with Crippen LogP contribution in [-0.2, 0) is 13.2 Å². The average Bonchev–Trinajstić information content (AvgIpc) is 4.16. The standard InChI is InChI=1S/C60H50N4O2/c1-33-27-35(3)53(36(4)28-33)59-49-23-19-45(61-49)57(43-17-9-13-39-11-7-15-41(31-65)55(39)43)47-21-25-51(63-47)60(54-37(5)29-34(2)30-38(54)6)52-26-22-48(64-52)58(46-20-24-50(59)62-46)44-18-10-14-40-12-8-16-42(32-66)56(40)44/h7-30,61,64-66H,31-32H2,1-6H3. The highest BCUT2D eigenvalue weighted by atomic mass is 16.3. The lowest BCUT2D eigenvalue weighted by Gasteiger charge is -2.14. The van der Waals surface area contributed by atoms with Crippen LogP contribution in [0.3, 0.4) is 0 Å². The van der Waals surface area contributed by atoms with Crippen LogP contribution in [0.4, 0.5) is 0 Å². The minimum Gasteiger partial charge on any atom is -0.392 e. The first kappa shape index (κ1) is 41.1. The third-order valence-corrected chi connectivity index (χ3v) is 13.5. The van der Waals surface area contributed by atoms with E-state index < -0.39 is 0 Å². The van der Waals surface area contributed by atoms with Crippen LogP contribution in [0.1, 0.15) is 67.3 Å². The van der Waals surface area contributed by atoms with Crippen LogP contribution in [0.2, 0.25) is 0 Å². The molecule has 8 bridgehead atoms. The zero-order valence-corrected chi connectivity index (χ0v) is 38.1. The number of H-pyrrole nitrogens is 2. The molecule has 0 aliphatic carbocycles. The van der Waals surface area contributed by atoms with Crippen molar-refractivity contribution in [3.63, 3.8) is 0 Å². The lowest BCUT2D eigenvalue weighted by Crippen LogP contribution is -1.95. The van der Waals surface area contributed by atoms with Gasteiger partial charge in [-0.3, -0.25) is 0 Å². The van der Waals surface area contributed by atoms with Crippen LogP contribution in [0, 0.1) is 41.5 Å². The van der Waals surface area contributed by atoms with Crippen molar-refractivity contribution in [1.82, 2.24) is 19.9 Å². The third-order valence-electron chi connectivity index (χ3n) is 13.5.